The average Bonchev–Trinajstić information content (AvgIpc) is 2.69. The molecule has 0 bridgehead atoms. The van der Waals surface area contributed by atoms with Crippen LogP contribution in [0.25, 0.3) is 0 Å². The molecule has 0 aliphatic heterocycles. The Morgan fingerprint density at radius 2 is 1.87 bits per heavy atom. The van der Waals surface area contributed by atoms with Crippen LogP contribution < -0.4 is 9.62 Å². The summed E-state index contributed by atoms with van der Waals surface area (Å²) in [5, 5.41) is 9.32. The fraction of sp³-hybridized carbons (Fsp3) is 0.455. The number of carboxylic acid groups (broad SMARTS) is 1. The van der Waals surface area contributed by atoms with E-state index in [1.54, 1.807) is 24.3 Å². The smallest absolute Gasteiger partial charge is 0.337 e. The normalized spacial score (nSPS) is 11.5. The first-order chi connectivity index (χ1) is 14.2. The van der Waals surface area contributed by atoms with E-state index in [2.05, 4.69) is 30.5 Å². The first kappa shape index (κ1) is 23.7. The maximum Gasteiger partial charge on any atom is 0.337 e. The van der Waals surface area contributed by atoms with Crippen molar-refractivity contribution >= 4 is 27.5 Å². The Hall–Kier alpha value is -2.61. The number of benzene rings is 1. The van der Waals surface area contributed by atoms with Gasteiger partial charge in [0.05, 0.1) is 16.1 Å². The predicted octanol–water partition coefficient (Wildman–Crippen LogP) is 4.41. The van der Waals surface area contributed by atoms with Crippen LogP contribution in [0.2, 0.25) is 0 Å². The number of aromatic carboxylic acids is 1. The van der Waals surface area contributed by atoms with Crippen LogP contribution in [-0.4, -0.2) is 37.6 Å². The van der Waals surface area contributed by atoms with Crippen molar-refractivity contribution in [1.82, 2.24) is 4.98 Å². The standard InChI is InChI=1S/C22H31N3O4S/c1-5-7-12-25(6-2)21-20(14-18(15-23-21)22(26)27)24-30(28,29)19-10-8-17(9-11-19)13-16(3)4/h8-11,14-16,24H,5-7,12-13H2,1-4H3,(H,26,27). The number of aromatic nitrogens is 1. The Kier molecular flexibility index (Phi) is 8.23. The molecule has 7 nitrogen and oxygen atoms in total. The lowest BCUT2D eigenvalue weighted by Gasteiger charge is -2.25. The van der Waals surface area contributed by atoms with E-state index < -0.39 is 16.0 Å². The molecule has 0 aliphatic carbocycles. The zero-order chi connectivity index (χ0) is 22.3. The molecule has 30 heavy (non-hydrogen) atoms. The maximum absolute atomic E-state index is 13.0. The second-order valence-electron chi connectivity index (χ2n) is 7.68. The molecule has 0 unspecified atom stereocenters. The molecule has 2 N–H and O–H groups in total. The van der Waals surface area contributed by atoms with Gasteiger partial charge in [-0.1, -0.05) is 39.3 Å². The van der Waals surface area contributed by atoms with Crippen molar-refractivity contribution in [3.05, 3.63) is 47.7 Å². The molecule has 0 fully saturated rings. The number of pyridine rings is 1. The van der Waals surface area contributed by atoms with Crippen LogP contribution in [-0.2, 0) is 16.4 Å². The quantitative estimate of drug-likeness (QED) is 0.545. The highest BCUT2D eigenvalue weighted by Gasteiger charge is 2.21. The van der Waals surface area contributed by atoms with Gasteiger partial charge in [-0.2, -0.15) is 0 Å². The Balaban J connectivity index is 2.40. The number of rotatable bonds is 11. The molecule has 2 aromatic rings. The molecule has 164 valence electrons. The van der Waals surface area contributed by atoms with Crippen LogP contribution in [0.5, 0.6) is 0 Å². The Bertz CT molecular complexity index is 957. The van der Waals surface area contributed by atoms with E-state index >= 15 is 0 Å². The molecule has 0 saturated heterocycles. The number of hydrogen-bond donors (Lipinski definition) is 2. The van der Waals surface area contributed by atoms with Gasteiger partial charge in [0.2, 0.25) is 0 Å². The van der Waals surface area contributed by atoms with Gasteiger partial charge in [-0.3, -0.25) is 4.72 Å². The lowest BCUT2D eigenvalue weighted by Crippen LogP contribution is -2.27. The monoisotopic (exact) mass is 433 g/mol. The van der Waals surface area contributed by atoms with Crippen molar-refractivity contribution in [2.24, 2.45) is 5.92 Å². The summed E-state index contributed by atoms with van der Waals surface area (Å²) in [5.41, 5.74) is 1.16. The lowest BCUT2D eigenvalue weighted by molar-refractivity contribution is 0.0696. The summed E-state index contributed by atoms with van der Waals surface area (Å²) in [6.07, 6.45) is 4.02. The number of nitrogens with zero attached hydrogens (tertiary/aromatic N) is 2. The summed E-state index contributed by atoms with van der Waals surface area (Å²) in [6.45, 7) is 9.56. The topological polar surface area (TPSA) is 99.6 Å². The molecular formula is C22H31N3O4S. The van der Waals surface area contributed by atoms with Crippen LogP contribution in [0, 0.1) is 5.92 Å². The number of unbranched alkanes of at least 4 members (excludes halogenated alkanes) is 1. The third-order valence-corrected chi connectivity index (χ3v) is 6.08. The Morgan fingerprint density at radius 3 is 2.40 bits per heavy atom. The fourth-order valence-corrected chi connectivity index (χ4v) is 4.20. The largest absolute Gasteiger partial charge is 0.478 e. The van der Waals surface area contributed by atoms with Crippen molar-refractivity contribution in [2.45, 2.75) is 51.9 Å². The van der Waals surface area contributed by atoms with Gasteiger partial charge >= 0.3 is 5.97 Å². The first-order valence-corrected chi connectivity index (χ1v) is 11.8. The van der Waals surface area contributed by atoms with Crippen molar-refractivity contribution < 1.29 is 18.3 Å². The van der Waals surface area contributed by atoms with Crippen LogP contribution in [0.1, 0.15) is 56.5 Å². The minimum atomic E-state index is -3.90. The van der Waals surface area contributed by atoms with Gasteiger partial charge in [0.15, 0.2) is 5.82 Å². The number of sulfonamides is 1. The highest BCUT2D eigenvalue weighted by Crippen LogP contribution is 2.28. The third-order valence-electron chi connectivity index (χ3n) is 4.70. The van der Waals surface area contributed by atoms with Crippen molar-refractivity contribution in [1.29, 1.82) is 0 Å². The molecule has 0 saturated carbocycles. The molecule has 0 atom stereocenters. The van der Waals surface area contributed by atoms with Gasteiger partial charge in [-0.05, 0) is 49.4 Å². The molecule has 1 aromatic carbocycles. The maximum atomic E-state index is 13.0. The zero-order valence-corrected chi connectivity index (χ0v) is 18.9. The van der Waals surface area contributed by atoms with E-state index in [1.165, 1.54) is 12.3 Å². The van der Waals surface area contributed by atoms with Gasteiger partial charge in [-0.25, -0.2) is 18.2 Å². The zero-order valence-electron chi connectivity index (χ0n) is 18.1. The van der Waals surface area contributed by atoms with Gasteiger partial charge in [-0.15, -0.1) is 0 Å². The minimum absolute atomic E-state index is 0.0738. The van der Waals surface area contributed by atoms with Crippen LogP contribution in [0.4, 0.5) is 11.5 Å². The molecule has 0 aliphatic rings. The highest BCUT2D eigenvalue weighted by molar-refractivity contribution is 7.92. The van der Waals surface area contributed by atoms with Crippen LogP contribution >= 0.6 is 0 Å². The van der Waals surface area contributed by atoms with E-state index in [0.717, 1.165) is 24.8 Å². The van der Waals surface area contributed by atoms with Crippen molar-refractivity contribution in [3.8, 4) is 0 Å². The van der Waals surface area contributed by atoms with E-state index in [4.69, 9.17) is 0 Å². The van der Waals surface area contributed by atoms with Crippen LogP contribution in [0.3, 0.4) is 0 Å². The highest BCUT2D eigenvalue weighted by atomic mass is 32.2. The van der Waals surface area contributed by atoms with Crippen molar-refractivity contribution in [2.75, 3.05) is 22.7 Å². The van der Waals surface area contributed by atoms with Gasteiger partial charge in [0, 0.05) is 19.3 Å². The second kappa shape index (κ2) is 10.4. The summed E-state index contributed by atoms with van der Waals surface area (Å²) >= 11 is 0. The Labute approximate surface area is 179 Å². The molecular weight excluding hydrogens is 402 g/mol. The van der Waals surface area contributed by atoms with Crippen LogP contribution in [0.15, 0.2) is 41.4 Å². The lowest BCUT2D eigenvalue weighted by atomic mass is 10.0. The average molecular weight is 434 g/mol. The SMILES string of the molecule is CCCCN(CC)c1ncc(C(=O)O)cc1NS(=O)(=O)c1ccc(CC(C)C)cc1. The number of hydrogen-bond acceptors (Lipinski definition) is 5. The predicted molar refractivity (Wildman–Crippen MR) is 120 cm³/mol. The minimum Gasteiger partial charge on any atom is -0.478 e. The summed E-state index contributed by atoms with van der Waals surface area (Å²) in [7, 11) is -3.90. The van der Waals surface area contributed by atoms with E-state index in [-0.39, 0.29) is 16.1 Å². The molecule has 0 radical (unpaired) electrons. The fourth-order valence-electron chi connectivity index (χ4n) is 3.14. The van der Waals surface area contributed by atoms with E-state index in [0.29, 0.717) is 24.8 Å². The Morgan fingerprint density at radius 1 is 1.20 bits per heavy atom. The summed E-state index contributed by atoms with van der Waals surface area (Å²) in [6, 6.07) is 8.08. The molecule has 0 amide bonds. The number of anilines is 2. The second-order valence-corrected chi connectivity index (χ2v) is 9.36. The molecule has 2 rings (SSSR count). The van der Waals surface area contributed by atoms with E-state index in [9.17, 15) is 18.3 Å². The summed E-state index contributed by atoms with van der Waals surface area (Å²) in [4.78, 5) is 17.7. The summed E-state index contributed by atoms with van der Waals surface area (Å²) in [5.74, 6) is -0.263. The number of nitrogens with one attached hydrogen (secondary N) is 1. The first-order valence-electron chi connectivity index (χ1n) is 10.3. The molecule has 1 heterocycles. The molecule has 0 spiro atoms. The van der Waals surface area contributed by atoms with Gasteiger partial charge in [0.1, 0.15) is 0 Å². The van der Waals surface area contributed by atoms with E-state index in [1.807, 2.05) is 11.8 Å². The summed E-state index contributed by atoms with van der Waals surface area (Å²) < 4.78 is 28.5. The van der Waals surface area contributed by atoms with Crippen molar-refractivity contribution in [3.63, 3.8) is 0 Å². The number of carboxylic acids is 1. The third kappa shape index (κ3) is 6.19. The number of carbonyl (C=O) groups is 1. The molecule has 8 heteroatoms. The van der Waals surface area contributed by atoms with Gasteiger partial charge in [0.25, 0.3) is 10.0 Å². The molecule has 1 aromatic heterocycles. The van der Waals surface area contributed by atoms with Gasteiger partial charge < -0.3 is 10.0 Å².